The van der Waals surface area contributed by atoms with Crippen molar-refractivity contribution in [2.45, 2.75) is 46.1 Å². The Kier molecular flexibility index (Phi) is 4.44. The largest absolute Gasteiger partial charge is 0.373 e. The van der Waals surface area contributed by atoms with Gasteiger partial charge in [-0.1, -0.05) is 46.8 Å². The first-order chi connectivity index (χ1) is 7.75. The van der Waals surface area contributed by atoms with Crippen LogP contribution in [-0.2, 0) is 10.2 Å². The highest BCUT2D eigenvalue weighted by molar-refractivity contribution is 7.71. The number of nitrogens with one attached hydrogen (secondary N) is 1. The second kappa shape index (κ2) is 5.27. The molecule has 0 amide bonds. The summed E-state index contributed by atoms with van der Waals surface area (Å²) in [6.45, 7) is 10.7. The topological polar surface area (TPSA) is 37.9 Å². The maximum absolute atomic E-state index is 5.48. The number of rotatable bonds is 3. The van der Waals surface area contributed by atoms with E-state index < -0.39 is 0 Å². The van der Waals surface area contributed by atoms with Crippen LogP contribution in [0.2, 0.25) is 0 Å². The molecule has 0 saturated carbocycles. The Morgan fingerprint density at radius 3 is 2.35 bits per heavy atom. The predicted molar refractivity (Wildman–Crippen MR) is 72.7 cm³/mol. The lowest BCUT2D eigenvalue weighted by Gasteiger charge is -2.23. The third-order valence-electron chi connectivity index (χ3n) is 2.70. The summed E-state index contributed by atoms with van der Waals surface area (Å²) < 4.78 is 6.10. The summed E-state index contributed by atoms with van der Waals surface area (Å²) in [7, 11) is 1.70. The first kappa shape index (κ1) is 14.3. The minimum absolute atomic E-state index is 0.0283. The van der Waals surface area contributed by atoms with Gasteiger partial charge in [0.05, 0.1) is 0 Å². The first-order valence-corrected chi connectivity index (χ1v) is 6.31. The van der Waals surface area contributed by atoms with Crippen LogP contribution in [0, 0.1) is 10.6 Å². The fraction of sp³-hybridized carbons (Fsp3) is 0.692. The number of hydrogen-bond donors (Lipinski definition) is 1. The monoisotopic (exact) mass is 254 g/mol. The van der Waals surface area contributed by atoms with E-state index >= 15 is 0 Å². The van der Waals surface area contributed by atoms with E-state index in [1.165, 1.54) is 0 Å². The Morgan fingerprint density at radius 1 is 1.35 bits per heavy atom. The van der Waals surface area contributed by atoms with E-state index in [2.05, 4.69) is 44.6 Å². The van der Waals surface area contributed by atoms with Crippen molar-refractivity contribution in [3.05, 3.63) is 22.2 Å². The average molecular weight is 254 g/mol. The van der Waals surface area contributed by atoms with Crippen molar-refractivity contribution in [1.82, 2.24) is 9.97 Å². The van der Waals surface area contributed by atoms with Gasteiger partial charge in [0.1, 0.15) is 16.6 Å². The molecular weight excluding hydrogens is 232 g/mol. The van der Waals surface area contributed by atoms with Crippen molar-refractivity contribution >= 4 is 12.2 Å². The minimum Gasteiger partial charge on any atom is -0.373 e. The Morgan fingerprint density at radius 2 is 1.94 bits per heavy atom. The molecule has 1 N–H and O–H groups in total. The van der Waals surface area contributed by atoms with Gasteiger partial charge < -0.3 is 9.72 Å². The molecule has 0 spiro atoms. The van der Waals surface area contributed by atoms with Gasteiger partial charge in [-0.25, -0.2) is 4.98 Å². The zero-order valence-corrected chi connectivity index (χ0v) is 12.3. The molecule has 4 heteroatoms. The maximum atomic E-state index is 5.48. The second-order valence-corrected chi connectivity index (χ2v) is 6.09. The molecule has 1 atom stereocenters. The zero-order valence-electron chi connectivity index (χ0n) is 11.5. The lowest BCUT2D eigenvalue weighted by Crippen LogP contribution is -2.19. The van der Waals surface area contributed by atoms with Crippen LogP contribution in [0.25, 0.3) is 0 Å². The molecule has 0 aliphatic carbocycles. The Bertz CT molecular complexity index is 432. The van der Waals surface area contributed by atoms with Gasteiger partial charge in [0.25, 0.3) is 0 Å². The number of hydrogen-bond acceptors (Lipinski definition) is 3. The molecule has 0 radical (unpaired) electrons. The van der Waals surface area contributed by atoms with Gasteiger partial charge in [0.2, 0.25) is 0 Å². The van der Waals surface area contributed by atoms with E-state index in [9.17, 15) is 0 Å². The van der Waals surface area contributed by atoms with Crippen LogP contribution < -0.4 is 0 Å². The van der Waals surface area contributed by atoms with Gasteiger partial charge in [0, 0.05) is 18.2 Å². The van der Waals surface area contributed by atoms with Crippen molar-refractivity contribution < 1.29 is 4.74 Å². The third kappa shape index (κ3) is 3.61. The average Bonchev–Trinajstić information content (AvgIpc) is 2.15. The number of methoxy groups -OCH3 is 1. The molecule has 0 saturated heterocycles. The van der Waals surface area contributed by atoms with Crippen LogP contribution in [0.3, 0.4) is 0 Å². The number of aromatic amines is 1. The first-order valence-electron chi connectivity index (χ1n) is 5.90. The molecule has 0 fully saturated rings. The van der Waals surface area contributed by atoms with Crippen molar-refractivity contribution in [3.8, 4) is 0 Å². The number of aromatic nitrogens is 2. The Balaban J connectivity index is 3.27. The van der Waals surface area contributed by atoms with E-state index in [1.54, 1.807) is 7.11 Å². The van der Waals surface area contributed by atoms with E-state index in [1.807, 2.05) is 6.07 Å². The van der Waals surface area contributed by atoms with E-state index in [-0.39, 0.29) is 11.5 Å². The van der Waals surface area contributed by atoms with Gasteiger partial charge in [-0.15, -0.1) is 0 Å². The molecule has 3 nitrogen and oxygen atoms in total. The molecule has 0 bridgehead atoms. The maximum Gasteiger partial charge on any atom is 0.137 e. The summed E-state index contributed by atoms with van der Waals surface area (Å²) in [5.74, 6) is 1.17. The fourth-order valence-electron chi connectivity index (χ4n) is 1.71. The highest BCUT2D eigenvalue weighted by atomic mass is 32.1. The van der Waals surface area contributed by atoms with Crippen LogP contribution in [0.1, 0.15) is 52.2 Å². The second-order valence-electron chi connectivity index (χ2n) is 5.67. The molecule has 1 aromatic rings. The van der Waals surface area contributed by atoms with Gasteiger partial charge in [-0.05, 0) is 12.0 Å². The van der Waals surface area contributed by atoms with Gasteiger partial charge >= 0.3 is 0 Å². The zero-order chi connectivity index (χ0) is 13.2. The SMILES string of the molecule is COC(c1nc(=S)cc(C(C)(C)C)[nH]1)C(C)C. The standard InChI is InChI=1S/C13H22N2OS/c1-8(2)11(16-6)12-14-9(13(3,4)5)7-10(17)15-12/h7-8,11H,1-6H3,(H,14,15,17). The van der Waals surface area contributed by atoms with E-state index in [4.69, 9.17) is 17.0 Å². The van der Waals surface area contributed by atoms with Crippen molar-refractivity contribution in [2.75, 3.05) is 7.11 Å². The molecule has 1 aromatic heterocycles. The van der Waals surface area contributed by atoms with Gasteiger partial charge in [0.15, 0.2) is 0 Å². The van der Waals surface area contributed by atoms with Crippen LogP contribution in [-0.4, -0.2) is 17.1 Å². The summed E-state index contributed by atoms with van der Waals surface area (Å²) in [5.41, 5.74) is 1.12. The summed E-state index contributed by atoms with van der Waals surface area (Å²) in [6.07, 6.45) is -0.0426. The van der Waals surface area contributed by atoms with E-state index in [0.29, 0.717) is 10.6 Å². The minimum atomic E-state index is -0.0426. The number of nitrogens with zero attached hydrogens (tertiary/aromatic N) is 1. The molecule has 1 unspecified atom stereocenters. The van der Waals surface area contributed by atoms with Crippen molar-refractivity contribution in [1.29, 1.82) is 0 Å². The van der Waals surface area contributed by atoms with Crippen LogP contribution in [0.5, 0.6) is 0 Å². The van der Waals surface area contributed by atoms with Crippen molar-refractivity contribution in [3.63, 3.8) is 0 Å². The van der Waals surface area contributed by atoms with Crippen LogP contribution in [0.4, 0.5) is 0 Å². The lowest BCUT2D eigenvalue weighted by molar-refractivity contribution is 0.0570. The summed E-state index contributed by atoms with van der Waals surface area (Å²) in [4.78, 5) is 7.73. The number of H-pyrrole nitrogens is 1. The molecule has 0 aliphatic heterocycles. The smallest absolute Gasteiger partial charge is 0.137 e. The molecule has 0 aliphatic rings. The number of ether oxygens (including phenoxy) is 1. The van der Waals surface area contributed by atoms with Crippen LogP contribution in [0.15, 0.2) is 6.07 Å². The van der Waals surface area contributed by atoms with Crippen molar-refractivity contribution in [2.24, 2.45) is 5.92 Å². The molecule has 0 aromatic carbocycles. The molecule has 17 heavy (non-hydrogen) atoms. The van der Waals surface area contributed by atoms with Crippen LogP contribution >= 0.6 is 12.2 Å². The molecule has 1 heterocycles. The van der Waals surface area contributed by atoms with E-state index in [0.717, 1.165) is 11.5 Å². The molecular formula is C13H22N2OS. The van der Waals surface area contributed by atoms with Gasteiger partial charge in [-0.2, -0.15) is 0 Å². The highest BCUT2D eigenvalue weighted by Gasteiger charge is 2.21. The Hall–Kier alpha value is -0.740. The summed E-state index contributed by atoms with van der Waals surface area (Å²) in [6, 6.07) is 1.92. The Labute approximate surface area is 109 Å². The normalized spacial score (nSPS) is 14.1. The lowest BCUT2D eigenvalue weighted by atomic mass is 9.92. The summed E-state index contributed by atoms with van der Waals surface area (Å²) >= 11 is 5.22. The summed E-state index contributed by atoms with van der Waals surface area (Å²) in [5, 5.41) is 0. The molecule has 96 valence electrons. The quantitative estimate of drug-likeness (QED) is 0.834. The molecule has 1 rings (SSSR count). The third-order valence-corrected chi connectivity index (χ3v) is 2.91. The highest BCUT2D eigenvalue weighted by Crippen LogP contribution is 2.25. The fourth-order valence-corrected chi connectivity index (χ4v) is 1.93. The predicted octanol–water partition coefficient (Wildman–Crippen LogP) is 3.78. The van der Waals surface area contributed by atoms with Gasteiger partial charge in [-0.3, -0.25) is 0 Å².